The first-order chi connectivity index (χ1) is 8.65. The van der Waals surface area contributed by atoms with Gasteiger partial charge in [-0.05, 0) is 12.1 Å². The quantitative estimate of drug-likeness (QED) is 0.558. The van der Waals surface area contributed by atoms with Crippen LogP contribution in [-0.2, 0) is 9.53 Å². The molecular weight excluding hydrogens is 256 g/mol. The lowest BCUT2D eigenvalue weighted by atomic mass is 10.3. The van der Waals surface area contributed by atoms with Crippen LogP contribution < -0.4 is 5.32 Å². The summed E-state index contributed by atoms with van der Waals surface area (Å²) in [5.41, 5.74) is 0.104. The number of nitrogens with one attached hydrogen (secondary N) is 1. The van der Waals surface area contributed by atoms with E-state index in [9.17, 15) is 9.59 Å². The van der Waals surface area contributed by atoms with Gasteiger partial charge in [0, 0.05) is 19.9 Å². The molecule has 1 aromatic rings. The Labute approximate surface area is 109 Å². The number of carbonyl (C=O) groups is 2. The lowest BCUT2D eigenvalue weighted by molar-refractivity contribution is -0.118. The average molecular weight is 270 g/mol. The lowest BCUT2D eigenvalue weighted by Gasteiger charge is -2.05. The number of carboxylic acids is 1. The summed E-state index contributed by atoms with van der Waals surface area (Å²) in [6.45, 7) is 0.879. The van der Waals surface area contributed by atoms with Crippen molar-refractivity contribution in [2.45, 2.75) is 5.03 Å². The standard InChI is InChI=1S/C11H14N2O4S/c1-17-6-5-12-9(14)7-18-10-8(11(15)16)3-2-4-13-10/h2-4H,5-7H2,1H3,(H,12,14)(H,15,16). The fourth-order valence-corrected chi connectivity index (χ4v) is 1.96. The zero-order valence-electron chi connectivity index (χ0n) is 9.88. The van der Waals surface area contributed by atoms with Crippen LogP contribution in [-0.4, -0.2) is 48.0 Å². The Kier molecular flexibility index (Phi) is 6.16. The zero-order chi connectivity index (χ0) is 13.4. The third kappa shape index (κ3) is 4.72. The Hall–Kier alpha value is -1.60. The summed E-state index contributed by atoms with van der Waals surface area (Å²) >= 11 is 1.10. The summed E-state index contributed by atoms with van der Waals surface area (Å²) in [5.74, 6) is -1.11. The number of pyridine rings is 1. The van der Waals surface area contributed by atoms with E-state index in [1.165, 1.54) is 12.3 Å². The molecule has 1 rings (SSSR count). The van der Waals surface area contributed by atoms with Gasteiger partial charge in [-0.2, -0.15) is 0 Å². The van der Waals surface area contributed by atoms with Crippen LogP contribution in [0.1, 0.15) is 10.4 Å². The lowest BCUT2D eigenvalue weighted by Crippen LogP contribution is -2.28. The van der Waals surface area contributed by atoms with Crippen molar-refractivity contribution < 1.29 is 19.4 Å². The maximum atomic E-state index is 11.4. The molecule has 0 bridgehead atoms. The fraction of sp³-hybridized carbons (Fsp3) is 0.364. The minimum atomic E-state index is -1.05. The van der Waals surface area contributed by atoms with Crippen molar-refractivity contribution in [2.24, 2.45) is 0 Å². The molecule has 0 aliphatic rings. The van der Waals surface area contributed by atoms with E-state index < -0.39 is 5.97 Å². The predicted molar refractivity (Wildman–Crippen MR) is 66.8 cm³/mol. The normalized spacial score (nSPS) is 10.1. The van der Waals surface area contributed by atoms with Gasteiger partial charge in [0.1, 0.15) is 5.03 Å². The van der Waals surface area contributed by atoms with Crippen LogP contribution in [0.2, 0.25) is 0 Å². The molecule has 1 aromatic heterocycles. The number of rotatable bonds is 7. The highest BCUT2D eigenvalue weighted by Crippen LogP contribution is 2.19. The van der Waals surface area contributed by atoms with Gasteiger partial charge in [-0.1, -0.05) is 11.8 Å². The van der Waals surface area contributed by atoms with Crippen LogP contribution >= 0.6 is 11.8 Å². The van der Waals surface area contributed by atoms with Crippen molar-refractivity contribution >= 4 is 23.6 Å². The molecule has 0 radical (unpaired) electrons. The number of aromatic carboxylic acids is 1. The molecule has 0 aliphatic carbocycles. The molecular formula is C11H14N2O4S. The number of carboxylic acid groups (broad SMARTS) is 1. The molecule has 0 aliphatic heterocycles. The molecule has 0 saturated carbocycles. The predicted octanol–water partition coefficient (Wildman–Crippen LogP) is 0.634. The van der Waals surface area contributed by atoms with Gasteiger partial charge in [0.25, 0.3) is 0 Å². The van der Waals surface area contributed by atoms with Gasteiger partial charge in [0.2, 0.25) is 5.91 Å². The Morgan fingerprint density at radius 2 is 2.33 bits per heavy atom. The Balaban J connectivity index is 2.48. The maximum Gasteiger partial charge on any atom is 0.338 e. The summed E-state index contributed by atoms with van der Waals surface area (Å²) in [6, 6.07) is 3.01. The van der Waals surface area contributed by atoms with Gasteiger partial charge in [-0.25, -0.2) is 9.78 Å². The SMILES string of the molecule is COCCNC(=O)CSc1ncccc1C(=O)O. The molecule has 0 saturated heterocycles. The summed E-state index contributed by atoms with van der Waals surface area (Å²) in [5, 5.41) is 11.9. The summed E-state index contributed by atoms with van der Waals surface area (Å²) in [4.78, 5) is 26.3. The van der Waals surface area contributed by atoms with Crippen molar-refractivity contribution in [3.63, 3.8) is 0 Å². The molecule has 18 heavy (non-hydrogen) atoms. The van der Waals surface area contributed by atoms with Crippen LogP contribution in [0.3, 0.4) is 0 Å². The van der Waals surface area contributed by atoms with Crippen LogP contribution in [0.15, 0.2) is 23.4 Å². The summed E-state index contributed by atoms with van der Waals surface area (Å²) in [7, 11) is 1.55. The monoisotopic (exact) mass is 270 g/mol. The number of carbonyl (C=O) groups excluding carboxylic acids is 1. The first-order valence-corrected chi connectivity index (χ1v) is 6.20. The molecule has 0 fully saturated rings. The van der Waals surface area contributed by atoms with Crippen LogP contribution in [0.5, 0.6) is 0 Å². The van der Waals surface area contributed by atoms with Gasteiger partial charge in [0.05, 0.1) is 17.9 Å². The Bertz CT molecular complexity index is 425. The van der Waals surface area contributed by atoms with Crippen molar-refractivity contribution in [1.82, 2.24) is 10.3 Å². The highest BCUT2D eigenvalue weighted by molar-refractivity contribution is 8.00. The van der Waals surface area contributed by atoms with Gasteiger partial charge < -0.3 is 15.2 Å². The van der Waals surface area contributed by atoms with E-state index in [0.717, 1.165) is 11.8 Å². The zero-order valence-corrected chi connectivity index (χ0v) is 10.7. The highest BCUT2D eigenvalue weighted by Gasteiger charge is 2.12. The van der Waals surface area contributed by atoms with E-state index in [-0.39, 0.29) is 17.2 Å². The molecule has 1 heterocycles. The van der Waals surface area contributed by atoms with E-state index in [0.29, 0.717) is 18.2 Å². The number of methoxy groups -OCH3 is 1. The molecule has 0 aromatic carbocycles. The van der Waals surface area contributed by atoms with Crippen molar-refractivity contribution in [1.29, 1.82) is 0 Å². The number of nitrogens with zero attached hydrogens (tertiary/aromatic N) is 1. The van der Waals surface area contributed by atoms with Crippen LogP contribution in [0, 0.1) is 0 Å². The number of hydrogen-bond acceptors (Lipinski definition) is 5. The second-order valence-electron chi connectivity index (χ2n) is 3.29. The minimum absolute atomic E-state index is 0.104. The molecule has 7 heteroatoms. The molecule has 6 nitrogen and oxygen atoms in total. The van der Waals surface area contributed by atoms with E-state index in [1.54, 1.807) is 13.2 Å². The second-order valence-corrected chi connectivity index (χ2v) is 4.26. The molecule has 2 N–H and O–H groups in total. The fourth-order valence-electron chi connectivity index (χ4n) is 1.15. The van der Waals surface area contributed by atoms with Gasteiger partial charge >= 0.3 is 5.97 Å². The maximum absolute atomic E-state index is 11.4. The third-order valence-electron chi connectivity index (χ3n) is 1.97. The summed E-state index contributed by atoms with van der Waals surface area (Å²) < 4.78 is 4.79. The first kappa shape index (κ1) is 14.5. The highest BCUT2D eigenvalue weighted by atomic mass is 32.2. The topological polar surface area (TPSA) is 88.5 Å². The van der Waals surface area contributed by atoms with Crippen molar-refractivity contribution in [2.75, 3.05) is 26.0 Å². The van der Waals surface area contributed by atoms with Crippen LogP contribution in [0.25, 0.3) is 0 Å². The van der Waals surface area contributed by atoms with E-state index >= 15 is 0 Å². The Morgan fingerprint density at radius 1 is 1.56 bits per heavy atom. The van der Waals surface area contributed by atoms with Crippen LogP contribution in [0.4, 0.5) is 0 Å². The number of hydrogen-bond donors (Lipinski definition) is 2. The van der Waals surface area contributed by atoms with E-state index in [1.807, 2.05) is 0 Å². The Morgan fingerprint density at radius 3 is 3.00 bits per heavy atom. The summed E-state index contributed by atoms with van der Waals surface area (Å²) in [6.07, 6.45) is 1.50. The number of ether oxygens (including phenoxy) is 1. The first-order valence-electron chi connectivity index (χ1n) is 5.22. The van der Waals surface area contributed by atoms with Crippen molar-refractivity contribution in [3.05, 3.63) is 23.9 Å². The largest absolute Gasteiger partial charge is 0.478 e. The second kappa shape index (κ2) is 7.67. The number of aromatic nitrogens is 1. The molecule has 1 amide bonds. The van der Waals surface area contributed by atoms with Gasteiger partial charge in [-0.15, -0.1) is 0 Å². The average Bonchev–Trinajstić information content (AvgIpc) is 2.37. The minimum Gasteiger partial charge on any atom is -0.478 e. The molecule has 0 spiro atoms. The molecule has 0 unspecified atom stereocenters. The van der Waals surface area contributed by atoms with Gasteiger partial charge in [0.15, 0.2) is 0 Å². The molecule has 98 valence electrons. The number of amides is 1. The van der Waals surface area contributed by atoms with Gasteiger partial charge in [-0.3, -0.25) is 4.79 Å². The van der Waals surface area contributed by atoms with E-state index in [4.69, 9.17) is 9.84 Å². The van der Waals surface area contributed by atoms with E-state index in [2.05, 4.69) is 10.3 Å². The third-order valence-corrected chi connectivity index (χ3v) is 2.98. The smallest absolute Gasteiger partial charge is 0.338 e. The molecule has 0 atom stereocenters. The number of thioether (sulfide) groups is 1. The van der Waals surface area contributed by atoms with Crippen molar-refractivity contribution in [3.8, 4) is 0 Å².